The van der Waals surface area contributed by atoms with Crippen LogP contribution in [0.25, 0.3) is 5.65 Å². The second-order valence-electron chi connectivity index (χ2n) is 7.98. The molecule has 0 bridgehead atoms. The highest BCUT2D eigenvalue weighted by Gasteiger charge is 2.24. The molecule has 4 rings (SSSR count). The Morgan fingerprint density at radius 3 is 2.83 bits per heavy atom. The summed E-state index contributed by atoms with van der Waals surface area (Å²) in [6.45, 7) is 2.76. The number of methoxy groups -OCH3 is 1. The number of nitrogens with zero attached hydrogens (tertiary/aromatic N) is 3. The first-order valence-electron chi connectivity index (χ1n) is 10.3. The predicted octanol–water partition coefficient (Wildman–Crippen LogP) is 3.68. The van der Waals surface area contributed by atoms with E-state index in [4.69, 9.17) is 4.74 Å². The van der Waals surface area contributed by atoms with Gasteiger partial charge in [0.25, 0.3) is 0 Å². The van der Waals surface area contributed by atoms with Gasteiger partial charge < -0.3 is 10.1 Å². The van der Waals surface area contributed by atoms with Gasteiger partial charge in [0.05, 0.1) is 19.2 Å². The fourth-order valence-electron chi connectivity index (χ4n) is 4.29. The standard InChI is InChI=1S/C23H28N4O2/c1-16-12-22-24-11-10-21(27(22)26-16)19-8-6-17(7-9-19)15-25-23(28)14-18-4-3-5-20(13-18)29-2/h3-5,10-13,17,19H,6-9,14-15H2,1-2H3,(H,25,28). The molecule has 0 atom stereocenters. The molecule has 3 aromatic rings. The van der Waals surface area contributed by atoms with Crippen molar-refractivity contribution in [2.45, 2.75) is 44.9 Å². The van der Waals surface area contributed by atoms with Crippen molar-refractivity contribution in [3.05, 3.63) is 59.5 Å². The molecule has 0 unspecified atom stereocenters. The summed E-state index contributed by atoms with van der Waals surface area (Å²) in [6, 6.07) is 11.8. The fraction of sp³-hybridized carbons (Fsp3) is 0.435. The maximum Gasteiger partial charge on any atom is 0.224 e. The van der Waals surface area contributed by atoms with E-state index < -0.39 is 0 Å². The minimum atomic E-state index is 0.0724. The van der Waals surface area contributed by atoms with Crippen LogP contribution in [0, 0.1) is 12.8 Å². The van der Waals surface area contributed by atoms with Crippen LogP contribution >= 0.6 is 0 Å². The Labute approximate surface area is 171 Å². The van der Waals surface area contributed by atoms with E-state index in [2.05, 4.69) is 21.5 Å². The van der Waals surface area contributed by atoms with Crippen LogP contribution in [0.5, 0.6) is 5.75 Å². The van der Waals surface area contributed by atoms with E-state index >= 15 is 0 Å². The topological polar surface area (TPSA) is 68.5 Å². The first-order chi connectivity index (χ1) is 14.1. The molecular weight excluding hydrogens is 364 g/mol. The van der Waals surface area contributed by atoms with E-state index in [1.54, 1.807) is 7.11 Å². The molecule has 1 N–H and O–H groups in total. The molecule has 0 saturated heterocycles. The Balaban J connectivity index is 1.28. The van der Waals surface area contributed by atoms with Crippen LogP contribution < -0.4 is 10.1 Å². The average Bonchev–Trinajstić information content (AvgIpc) is 3.13. The lowest BCUT2D eigenvalue weighted by Gasteiger charge is -2.29. The summed E-state index contributed by atoms with van der Waals surface area (Å²) in [4.78, 5) is 16.7. The highest BCUT2D eigenvalue weighted by atomic mass is 16.5. The van der Waals surface area contributed by atoms with Crippen molar-refractivity contribution in [3.8, 4) is 5.75 Å². The van der Waals surface area contributed by atoms with Crippen molar-refractivity contribution in [2.24, 2.45) is 5.92 Å². The first-order valence-corrected chi connectivity index (χ1v) is 10.3. The number of hydrogen-bond donors (Lipinski definition) is 1. The summed E-state index contributed by atoms with van der Waals surface area (Å²) in [5.41, 5.74) is 4.15. The van der Waals surface area contributed by atoms with E-state index in [0.29, 0.717) is 18.3 Å². The first kappa shape index (κ1) is 19.4. The van der Waals surface area contributed by atoms with Gasteiger partial charge in [0.2, 0.25) is 5.91 Å². The number of aromatic nitrogens is 3. The van der Waals surface area contributed by atoms with Gasteiger partial charge in [-0.05, 0) is 62.3 Å². The third-order valence-electron chi connectivity index (χ3n) is 5.86. The lowest BCUT2D eigenvalue weighted by atomic mass is 9.80. The third kappa shape index (κ3) is 4.58. The summed E-state index contributed by atoms with van der Waals surface area (Å²) in [7, 11) is 1.64. The molecule has 1 aliphatic rings. The highest BCUT2D eigenvalue weighted by Crippen LogP contribution is 2.35. The van der Waals surface area contributed by atoms with Crippen molar-refractivity contribution in [3.63, 3.8) is 0 Å². The minimum absolute atomic E-state index is 0.0724. The highest BCUT2D eigenvalue weighted by molar-refractivity contribution is 5.78. The van der Waals surface area contributed by atoms with Crippen LogP contribution in [-0.4, -0.2) is 34.2 Å². The Morgan fingerprint density at radius 1 is 1.21 bits per heavy atom. The Hall–Kier alpha value is -2.89. The molecule has 6 nitrogen and oxygen atoms in total. The molecule has 29 heavy (non-hydrogen) atoms. The van der Waals surface area contributed by atoms with Gasteiger partial charge in [-0.1, -0.05) is 12.1 Å². The van der Waals surface area contributed by atoms with Gasteiger partial charge >= 0.3 is 0 Å². The van der Waals surface area contributed by atoms with Crippen LogP contribution in [0.4, 0.5) is 0 Å². The SMILES string of the molecule is COc1cccc(CC(=O)NCC2CCC(c3ccnc4cc(C)nn34)CC2)c1. The van der Waals surface area contributed by atoms with Crippen LogP contribution in [0.15, 0.2) is 42.6 Å². The predicted molar refractivity (Wildman–Crippen MR) is 112 cm³/mol. The van der Waals surface area contributed by atoms with E-state index in [9.17, 15) is 4.79 Å². The van der Waals surface area contributed by atoms with E-state index in [1.165, 1.54) is 5.69 Å². The number of amides is 1. The van der Waals surface area contributed by atoms with Crippen molar-refractivity contribution in [2.75, 3.05) is 13.7 Å². The fourth-order valence-corrected chi connectivity index (χ4v) is 4.29. The lowest BCUT2D eigenvalue weighted by Crippen LogP contribution is -2.32. The van der Waals surface area contributed by atoms with Gasteiger partial charge in [-0.15, -0.1) is 0 Å². The molecule has 0 aliphatic heterocycles. The van der Waals surface area contributed by atoms with Crippen molar-refractivity contribution in [1.82, 2.24) is 19.9 Å². The zero-order chi connectivity index (χ0) is 20.2. The second-order valence-corrected chi connectivity index (χ2v) is 7.98. The number of benzene rings is 1. The normalized spacial score (nSPS) is 19.2. The number of nitrogens with one attached hydrogen (secondary N) is 1. The quantitative estimate of drug-likeness (QED) is 0.695. The van der Waals surface area contributed by atoms with Gasteiger partial charge in [0, 0.05) is 30.4 Å². The van der Waals surface area contributed by atoms with Crippen LogP contribution in [0.1, 0.15) is 48.6 Å². The summed E-state index contributed by atoms with van der Waals surface area (Å²) >= 11 is 0. The average molecular weight is 393 g/mol. The lowest BCUT2D eigenvalue weighted by molar-refractivity contribution is -0.120. The molecular formula is C23H28N4O2. The number of aryl methyl sites for hydroxylation is 1. The van der Waals surface area contributed by atoms with Gasteiger partial charge in [-0.25, -0.2) is 9.50 Å². The molecule has 0 spiro atoms. The largest absolute Gasteiger partial charge is 0.497 e. The number of fused-ring (bicyclic) bond motifs is 1. The summed E-state index contributed by atoms with van der Waals surface area (Å²) in [6.07, 6.45) is 6.75. The van der Waals surface area contributed by atoms with Gasteiger partial charge in [0.1, 0.15) is 5.75 Å². The zero-order valence-electron chi connectivity index (χ0n) is 17.1. The van der Waals surface area contributed by atoms with Crippen LogP contribution in [0.3, 0.4) is 0 Å². The zero-order valence-corrected chi connectivity index (χ0v) is 17.1. The minimum Gasteiger partial charge on any atom is -0.497 e. The molecule has 0 radical (unpaired) electrons. The second kappa shape index (κ2) is 8.64. The van der Waals surface area contributed by atoms with E-state index in [1.807, 2.05) is 48.0 Å². The number of hydrogen-bond acceptors (Lipinski definition) is 4. The molecule has 1 fully saturated rings. The molecule has 1 amide bonds. The molecule has 1 aromatic carbocycles. The monoisotopic (exact) mass is 392 g/mol. The molecule has 6 heteroatoms. The van der Waals surface area contributed by atoms with Gasteiger partial charge in [0.15, 0.2) is 5.65 Å². The van der Waals surface area contributed by atoms with Crippen molar-refractivity contribution < 1.29 is 9.53 Å². The number of rotatable bonds is 6. The van der Waals surface area contributed by atoms with Gasteiger partial charge in [-0.3, -0.25) is 4.79 Å². The maximum absolute atomic E-state index is 12.3. The smallest absolute Gasteiger partial charge is 0.224 e. The van der Waals surface area contributed by atoms with E-state index in [-0.39, 0.29) is 5.91 Å². The van der Waals surface area contributed by atoms with Crippen LogP contribution in [-0.2, 0) is 11.2 Å². The molecule has 2 heterocycles. The summed E-state index contributed by atoms with van der Waals surface area (Å²) in [5.74, 6) is 1.90. The number of carbonyl (C=O) groups is 1. The van der Waals surface area contributed by atoms with Crippen molar-refractivity contribution in [1.29, 1.82) is 0 Å². The Kier molecular flexibility index (Phi) is 5.79. The summed E-state index contributed by atoms with van der Waals surface area (Å²) in [5, 5.41) is 7.73. The van der Waals surface area contributed by atoms with Crippen LogP contribution in [0.2, 0.25) is 0 Å². The molecule has 152 valence electrons. The molecule has 2 aromatic heterocycles. The van der Waals surface area contributed by atoms with E-state index in [0.717, 1.165) is 54.9 Å². The number of carbonyl (C=O) groups excluding carboxylic acids is 1. The Morgan fingerprint density at radius 2 is 2.03 bits per heavy atom. The van der Waals surface area contributed by atoms with Crippen molar-refractivity contribution >= 4 is 11.6 Å². The van der Waals surface area contributed by atoms with Gasteiger partial charge in [-0.2, -0.15) is 5.10 Å². The summed E-state index contributed by atoms with van der Waals surface area (Å²) < 4.78 is 7.22. The third-order valence-corrected chi connectivity index (χ3v) is 5.86. The maximum atomic E-state index is 12.3. The molecule has 1 aliphatic carbocycles. The number of ether oxygens (including phenoxy) is 1. The molecule has 1 saturated carbocycles. The Bertz CT molecular complexity index is 989.